The van der Waals surface area contributed by atoms with Crippen LogP contribution in [0.2, 0.25) is 0 Å². The van der Waals surface area contributed by atoms with Gasteiger partial charge in [-0.3, -0.25) is 9.78 Å². The summed E-state index contributed by atoms with van der Waals surface area (Å²) in [5.41, 5.74) is 2.27. The summed E-state index contributed by atoms with van der Waals surface area (Å²) < 4.78 is 5.84. The van der Waals surface area contributed by atoms with Gasteiger partial charge in [0.15, 0.2) is 0 Å². The van der Waals surface area contributed by atoms with E-state index in [9.17, 15) is 4.79 Å². The molecule has 0 radical (unpaired) electrons. The largest absolute Gasteiger partial charge is 0.490 e. The molecule has 0 unspecified atom stereocenters. The molecule has 0 aliphatic rings. The molecule has 0 saturated carbocycles. The molecule has 0 atom stereocenters. The van der Waals surface area contributed by atoms with Gasteiger partial charge < -0.3 is 10.1 Å². The molecule has 5 nitrogen and oxygen atoms in total. The van der Waals surface area contributed by atoms with E-state index in [0.717, 1.165) is 22.0 Å². The molecular weight excluding hydrogens is 346 g/mol. The van der Waals surface area contributed by atoms with Crippen LogP contribution in [0, 0.1) is 0 Å². The Morgan fingerprint density at radius 3 is 2.77 bits per heavy atom. The molecule has 0 bridgehead atoms. The van der Waals surface area contributed by atoms with E-state index in [0.29, 0.717) is 18.7 Å². The second-order valence-corrected chi connectivity index (χ2v) is 6.89. The number of nitrogens with one attached hydrogen (secondary N) is 1. The highest BCUT2D eigenvalue weighted by atomic mass is 32.1. The molecule has 26 heavy (non-hydrogen) atoms. The number of rotatable bonds is 7. The molecule has 0 aliphatic heterocycles. The zero-order chi connectivity index (χ0) is 18.4. The molecule has 0 spiro atoms. The van der Waals surface area contributed by atoms with Crippen molar-refractivity contribution in [2.24, 2.45) is 0 Å². The van der Waals surface area contributed by atoms with Crippen molar-refractivity contribution in [3.05, 3.63) is 65.4 Å². The highest BCUT2D eigenvalue weighted by Crippen LogP contribution is 2.32. The van der Waals surface area contributed by atoms with Gasteiger partial charge in [-0.25, -0.2) is 4.98 Å². The summed E-state index contributed by atoms with van der Waals surface area (Å²) in [6, 6.07) is 13.5. The number of aromatic nitrogens is 2. The smallest absolute Gasteiger partial charge is 0.270 e. The van der Waals surface area contributed by atoms with Crippen LogP contribution in [0.15, 0.2) is 54.0 Å². The molecule has 1 amide bonds. The zero-order valence-electron chi connectivity index (χ0n) is 14.8. The lowest BCUT2D eigenvalue weighted by Gasteiger charge is -2.12. The van der Waals surface area contributed by atoms with Crippen molar-refractivity contribution in [2.75, 3.05) is 6.54 Å². The maximum absolute atomic E-state index is 12.3. The Hall–Kier alpha value is -2.73. The molecule has 1 aromatic carbocycles. The summed E-state index contributed by atoms with van der Waals surface area (Å²) in [5, 5.41) is 5.44. The van der Waals surface area contributed by atoms with Gasteiger partial charge in [-0.05, 0) is 38.1 Å². The molecule has 3 aromatic rings. The number of nitrogens with zero attached hydrogens (tertiary/aromatic N) is 2. The van der Waals surface area contributed by atoms with Crippen molar-refractivity contribution in [3.8, 4) is 16.3 Å². The summed E-state index contributed by atoms with van der Waals surface area (Å²) >= 11 is 1.44. The summed E-state index contributed by atoms with van der Waals surface area (Å²) in [6.07, 6.45) is 2.51. The second kappa shape index (κ2) is 8.58. The van der Waals surface area contributed by atoms with Gasteiger partial charge in [0.05, 0.1) is 11.7 Å². The maximum Gasteiger partial charge on any atom is 0.270 e. The Kier molecular flexibility index (Phi) is 5.96. The maximum atomic E-state index is 12.3. The van der Waals surface area contributed by atoms with Crippen molar-refractivity contribution in [3.63, 3.8) is 0 Å². The molecule has 2 heterocycles. The highest BCUT2D eigenvalue weighted by molar-refractivity contribution is 7.13. The van der Waals surface area contributed by atoms with Gasteiger partial charge in [-0.15, -0.1) is 11.3 Å². The summed E-state index contributed by atoms with van der Waals surface area (Å²) in [5.74, 6) is 0.602. The first-order chi connectivity index (χ1) is 12.6. The fourth-order valence-electron chi connectivity index (χ4n) is 2.44. The van der Waals surface area contributed by atoms with Gasteiger partial charge in [0.2, 0.25) is 0 Å². The number of pyridine rings is 1. The zero-order valence-corrected chi connectivity index (χ0v) is 15.6. The van der Waals surface area contributed by atoms with Gasteiger partial charge in [0, 0.05) is 30.2 Å². The number of hydrogen-bond acceptors (Lipinski definition) is 5. The van der Waals surface area contributed by atoms with E-state index < -0.39 is 0 Å². The number of benzene rings is 1. The van der Waals surface area contributed by atoms with E-state index in [2.05, 4.69) is 15.3 Å². The van der Waals surface area contributed by atoms with Gasteiger partial charge in [-0.1, -0.05) is 18.2 Å². The Labute approximate surface area is 157 Å². The standard InChI is InChI=1S/C20H21N3O2S/c1-14(2)25-18-9-4-3-8-16(18)20-23-17(13-26-20)19(24)22-12-10-15-7-5-6-11-21-15/h3-9,11,13-14H,10,12H2,1-2H3,(H,22,24). The Morgan fingerprint density at radius 1 is 1.19 bits per heavy atom. The molecule has 3 rings (SSSR count). The number of amides is 1. The summed E-state index contributed by atoms with van der Waals surface area (Å²) in [7, 11) is 0. The highest BCUT2D eigenvalue weighted by Gasteiger charge is 2.15. The monoisotopic (exact) mass is 367 g/mol. The number of ether oxygens (including phenoxy) is 1. The van der Waals surface area contributed by atoms with Crippen LogP contribution in [0.1, 0.15) is 30.0 Å². The fraction of sp³-hybridized carbons (Fsp3) is 0.250. The van der Waals surface area contributed by atoms with Crippen LogP contribution in [0.25, 0.3) is 10.6 Å². The molecule has 0 aliphatic carbocycles. The van der Waals surface area contributed by atoms with E-state index >= 15 is 0 Å². The molecular formula is C20H21N3O2S. The van der Waals surface area contributed by atoms with Crippen LogP contribution in [-0.2, 0) is 6.42 Å². The normalized spacial score (nSPS) is 10.7. The average Bonchev–Trinajstić information content (AvgIpc) is 3.12. The van der Waals surface area contributed by atoms with Gasteiger partial charge in [-0.2, -0.15) is 0 Å². The van der Waals surface area contributed by atoms with Crippen LogP contribution in [-0.4, -0.2) is 28.5 Å². The van der Waals surface area contributed by atoms with Crippen molar-refractivity contribution >= 4 is 17.2 Å². The minimum atomic E-state index is -0.175. The minimum Gasteiger partial charge on any atom is -0.490 e. The lowest BCUT2D eigenvalue weighted by atomic mass is 10.2. The second-order valence-electron chi connectivity index (χ2n) is 6.03. The topological polar surface area (TPSA) is 64.1 Å². The first-order valence-corrected chi connectivity index (χ1v) is 9.41. The van der Waals surface area contributed by atoms with Crippen molar-refractivity contribution < 1.29 is 9.53 Å². The van der Waals surface area contributed by atoms with Crippen LogP contribution < -0.4 is 10.1 Å². The fourth-order valence-corrected chi connectivity index (χ4v) is 3.27. The van der Waals surface area contributed by atoms with E-state index in [1.165, 1.54) is 11.3 Å². The first kappa shape index (κ1) is 18.1. The predicted molar refractivity (Wildman–Crippen MR) is 104 cm³/mol. The lowest BCUT2D eigenvalue weighted by Crippen LogP contribution is -2.26. The Morgan fingerprint density at radius 2 is 2.00 bits per heavy atom. The van der Waals surface area contributed by atoms with Crippen molar-refractivity contribution in [1.29, 1.82) is 0 Å². The average molecular weight is 367 g/mol. The molecule has 2 aromatic heterocycles. The third-order valence-corrected chi connectivity index (χ3v) is 4.49. The molecule has 0 saturated heterocycles. The molecule has 6 heteroatoms. The van der Waals surface area contributed by atoms with Crippen LogP contribution in [0.4, 0.5) is 0 Å². The third kappa shape index (κ3) is 4.67. The number of thiazole rings is 1. The lowest BCUT2D eigenvalue weighted by molar-refractivity contribution is 0.0950. The van der Waals surface area contributed by atoms with E-state index in [4.69, 9.17) is 4.74 Å². The van der Waals surface area contributed by atoms with Gasteiger partial charge >= 0.3 is 0 Å². The Bertz CT molecular complexity index is 862. The van der Waals surface area contributed by atoms with E-state index in [-0.39, 0.29) is 12.0 Å². The molecule has 134 valence electrons. The van der Waals surface area contributed by atoms with E-state index in [1.54, 1.807) is 11.6 Å². The minimum absolute atomic E-state index is 0.0745. The number of para-hydroxylation sites is 1. The SMILES string of the molecule is CC(C)Oc1ccccc1-c1nc(C(=O)NCCc2ccccn2)cs1. The summed E-state index contributed by atoms with van der Waals surface area (Å²) in [6.45, 7) is 4.49. The molecule has 1 N–H and O–H groups in total. The molecule has 0 fully saturated rings. The summed E-state index contributed by atoms with van der Waals surface area (Å²) in [4.78, 5) is 21.1. The van der Waals surface area contributed by atoms with E-state index in [1.807, 2.05) is 56.3 Å². The number of carbonyl (C=O) groups is 1. The predicted octanol–water partition coefficient (Wildman–Crippen LogP) is 3.96. The third-order valence-electron chi connectivity index (χ3n) is 3.61. The van der Waals surface area contributed by atoms with Crippen LogP contribution in [0.3, 0.4) is 0 Å². The van der Waals surface area contributed by atoms with Crippen LogP contribution in [0.5, 0.6) is 5.75 Å². The Balaban J connectivity index is 1.65. The van der Waals surface area contributed by atoms with Gasteiger partial charge in [0.1, 0.15) is 16.5 Å². The quantitative estimate of drug-likeness (QED) is 0.686. The van der Waals surface area contributed by atoms with Crippen molar-refractivity contribution in [2.45, 2.75) is 26.4 Å². The first-order valence-electron chi connectivity index (χ1n) is 8.53. The number of hydrogen-bond donors (Lipinski definition) is 1. The number of carbonyl (C=O) groups excluding carboxylic acids is 1. The van der Waals surface area contributed by atoms with Crippen molar-refractivity contribution in [1.82, 2.24) is 15.3 Å². The van der Waals surface area contributed by atoms with Crippen LogP contribution >= 0.6 is 11.3 Å². The van der Waals surface area contributed by atoms with Gasteiger partial charge in [0.25, 0.3) is 5.91 Å².